The third-order valence-electron chi connectivity index (χ3n) is 5.25. The molecule has 9 heteroatoms. The fourth-order valence-corrected chi connectivity index (χ4v) is 4.47. The van der Waals surface area contributed by atoms with Crippen LogP contribution < -0.4 is 9.49 Å². The zero-order valence-corrected chi connectivity index (χ0v) is 16.3. The van der Waals surface area contributed by atoms with Crippen LogP contribution in [0.2, 0.25) is 0 Å². The standard InChI is InChI=1S/C19H21FN5O2S/c1-28(26,27)16-4-5-18(17(20)14-16)25(13-3-10-23-25)15-6-11-24(12-7-15)19-21-8-2-9-22-19/h2-5,8-10,13-15H,6-7,11-12H2,1H3/q+1. The van der Waals surface area contributed by atoms with Gasteiger partial charge in [0.25, 0.3) is 0 Å². The minimum atomic E-state index is -3.47. The third kappa shape index (κ3) is 3.31. The highest BCUT2D eigenvalue weighted by atomic mass is 32.2. The van der Waals surface area contributed by atoms with Gasteiger partial charge in [-0.15, -0.1) is 4.59 Å². The fraction of sp³-hybridized carbons (Fsp3) is 0.316. The van der Waals surface area contributed by atoms with Gasteiger partial charge >= 0.3 is 0 Å². The van der Waals surface area contributed by atoms with E-state index in [9.17, 15) is 12.8 Å². The van der Waals surface area contributed by atoms with Crippen molar-refractivity contribution in [2.24, 2.45) is 5.10 Å². The molecule has 0 spiro atoms. The van der Waals surface area contributed by atoms with Crippen molar-refractivity contribution < 1.29 is 12.8 Å². The lowest BCUT2D eigenvalue weighted by Gasteiger charge is -2.39. The van der Waals surface area contributed by atoms with Gasteiger partial charge in [0, 0.05) is 56.7 Å². The summed E-state index contributed by atoms with van der Waals surface area (Å²) in [5.41, 5.74) is 0.354. The van der Waals surface area contributed by atoms with E-state index in [1.165, 1.54) is 12.1 Å². The number of rotatable bonds is 4. The molecule has 0 saturated carbocycles. The molecule has 0 bridgehead atoms. The lowest BCUT2D eigenvalue weighted by Crippen LogP contribution is -2.53. The van der Waals surface area contributed by atoms with Gasteiger partial charge in [0.15, 0.2) is 21.3 Å². The number of benzene rings is 1. The first kappa shape index (κ1) is 18.7. The Morgan fingerprint density at radius 1 is 1.18 bits per heavy atom. The first-order chi connectivity index (χ1) is 13.4. The molecular formula is C19H21FN5O2S+. The molecule has 1 fully saturated rings. The predicted octanol–water partition coefficient (Wildman–Crippen LogP) is 2.51. The number of sulfone groups is 1. The summed E-state index contributed by atoms with van der Waals surface area (Å²) in [7, 11) is -3.47. The number of piperidine rings is 1. The SMILES string of the molecule is CS(=O)(=O)c1ccc([N+]2(C3CCN(c4ncccn4)CC3)C=CC=N2)c(F)c1. The van der Waals surface area contributed by atoms with E-state index in [2.05, 4.69) is 20.0 Å². The molecule has 2 aliphatic rings. The maximum Gasteiger partial charge on any atom is 0.225 e. The molecule has 0 amide bonds. The van der Waals surface area contributed by atoms with Crippen LogP contribution in [0.5, 0.6) is 0 Å². The van der Waals surface area contributed by atoms with E-state index in [1.807, 2.05) is 6.20 Å². The number of allylic oxidation sites excluding steroid dienone is 1. The van der Waals surface area contributed by atoms with E-state index < -0.39 is 15.7 Å². The molecular weight excluding hydrogens is 381 g/mol. The van der Waals surface area contributed by atoms with Gasteiger partial charge in [-0.1, -0.05) is 5.10 Å². The van der Waals surface area contributed by atoms with E-state index in [4.69, 9.17) is 0 Å². The van der Waals surface area contributed by atoms with Crippen molar-refractivity contribution in [3.63, 3.8) is 0 Å². The summed E-state index contributed by atoms with van der Waals surface area (Å²) in [6.45, 7) is 1.47. The maximum atomic E-state index is 15.0. The Balaban J connectivity index is 1.62. The van der Waals surface area contributed by atoms with Gasteiger partial charge in [-0.2, -0.15) is 0 Å². The van der Waals surface area contributed by atoms with Crippen LogP contribution in [-0.4, -0.2) is 50.0 Å². The molecule has 1 aromatic carbocycles. The second-order valence-electron chi connectivity index (χ2n) is 7.00. The smallest absolute Gasteiger partial charge is 0.225 e. The summed E-state index contributed by atoms with van der Waals surface area (Å²) < 4.78 is 38.4. The molecule has 146 valence electrons. The van der Waals surface area contributed by atoms with Crippen molar-refractivity contribution in [1.82, 2.24) is 14.6 Å². The van der Waals surface area contributed by atoms with Crippen LogP contribution in [0.25, 0.3) is 0 Å². The highest BCUT2D eigenvalue weighted by Crippen LogP contribution is 2.38. The van der Waals surface area contributed by atoms with Crippen molar-refractivity contribution in [1.29, 1.82) is 0 Å². The Hall–Kier alpha value is -2.65. The topological polar surface area (TPSA) is 75.5 Å². The lowest BCUT2D eigenvalue weighted by atomic mass is 10.0. The number of hydrogen-bond acceptors (Lipinski definition) is 6. The Kier molecular flexibility index (Phi) is 4.72. The predicted molar refractivity (Wildman–Crippen MR) is 106 cm³/mol. The zero-order valence-electron chi connectivity index (χ0n) is 15.4. The second-order valence-corrected chi connectivity index (χ2v) is 9.01. The van der Waals surface area contributed by atoms with Crippen LogP contribution >= 0.6 is 0 Å². The van der Waals surface area contributed by atoms with E-state index in [0.717, 1.165) is 38.3 Å². The summed E-state index contributed by atoms with van der Waals surface area (Å²) in [6, 6.07) is 5.88. The number of halogens is 1. The Labute approximate surface area is 163 Å². The molecule has 4 rings (SSSR count). The molecule has 0 aliphatic carbocycles. The van der Waals surface area contributed by atoms with Crippen molar-refractivity contribution >= 4 is 27.7 Å². The van der Waals surface area contributed by atoms with Crippen molar-refractivity contribution in [3.8, 4) is 0 Å². The molecule has 3 heterocycles. The molecule has 7 nitrogen and oxygen atoms in total. The number of hydrogen-bond donors (Lipinski definition) is 0. The first-order valence-corrected chi connectivity index (χ1v) is 10.9. The first-order valence-electron chi connectivity index (χ1n) is 9.04. The van der Waals surface area contributed by atoms with Crippen LogP contribution in [0.3, 0.4) is 0 Å². The van der Waals surface area contributed by atoms with Crippen LogP contribution in [0.4, 0.5) is 16.0 Å². The average Bonchev–Trinajstić information content (AvgIpc) is 3.19. The summed E-state index contributed by atoms with van der Waals surface area (Å²) in [5.74, 6) is 0.122. The van der Waals surface area contributed by atoms with E-state index >= 15 is 0 Å². The summed E-state index contributed by atoms with van der Waals surface area (Å²) in [4.78, 5) is 10.7. The average molecular weight is 402 g/mol. The lowest BCUT2D eigenvalue weighted by molar-refractivity contribution is 0.243. The Bertz CT molecular complexity index is 1020. The molecule has 0 N–H and O–H groups in total. The highest BCUT2D eigenvalue weighted by molar-refractivity contribution is 7.90. The summed E-state index contributed by atoms with van der Waals surface area (Å²) >= 11 is 0. The Morgan fingerprint density at radius 2 is 1.89 bits per heavy atom. The number of anilines is 1. The van der Waals surface area contributed by atoms with E-state index in [1.54, 1.807) is 30.8 Å². The van der Waals surface area contributed by atoms with Gasteiger partial charge in [-0.3, -0.25) is 0 Å². The largest absolute Gasteiger partial charge is 0.340 e. The minimum absolute atomic E-state index is 0.0133. The van der Waals surface area contributed by atoms with Gasteiger partial charge in [0.05, 0.1) is 11.1 Å². The highest BCUT2D eigenvalue weighted by Gasteiger charge is 2.44. The molecule has 1 saturated heterocycles. The molecule has 1 atom stereocenters. The molecule has 2 aromatic rings. The number of nitrogens with zero attached hydrogens (tertiary/aromatic N) is 5. The quantitative estimate of drug-likeness (QED) is 0.735. The zero-order chi connectivity index (χ0) is 19.8. The van der Waals surface area contributed by atoms with Crippen molar-refractivity contribution in [3.05, 3.63) is 54.8 Å². The van der Waals surface area contributed by atoms with Gasteiger partial charge in [0.1, 0.15) is 12.2 Å². The van der Waals surface area contributed by atoms with Gasteiger partial charge < -0.3 is 4.90 Å². The van der Waals surface area contributed by atoms with Crippen molar-refractivity contribution in [2.45, 2.75) is 23.8 Å². The number of quaternary nitrogens is 1. The third-order valence-corrected chi connectivity index (χ3v) is 6.36. The fourth-order valence-electron chi connectivity index (χ4n) is 3.83. The van der Waals surface area contributed by atoms with Crippen LogP contribution in [-0.2, 0) is 9.84 Å². The summed E-state index contributed by atoms with van der Waals surface area (Å²) in [6.07, 6.45) is 11.4. The Morgan fingerprint density at radius 3 is 2.46 bits per heavy atom. The number of aromatic nitrogens is 2. The van der Waals surface area contributed by atoms with Crippen LogP contribution in [0.1, 0.15) is 12.8 Å². The van der Waals surface area contributed by atoms with Crippen LogP contribution in [0, 0.1) is 5.82 Å². The molecule has 2 aliphatic heterocycles. The summed E-state index contributed by atoms with van der Waals surface area (Å²) in [5, 5.41) is 4.57. The maximum absolute atomic E-state index is 15.0. The molecule has 28 heavy (non-hydrogen) atoms. The van der Waals surface area contributed by atoms with Crippen LogP contribution in [0.15, 0.2) is 58.9 Å². The normalized spacial score (nSPS) is 22.7. The van der Waals surface area contributed by atoms with Crippen molar-refractivity contribution in [2.75, 3.05) is 24.2 Å². The minimum Gasteiger partial charge on any atom is -0.340 e. The second kappa shape index (κ2) is 7.06. The monoisotopic (exact) mass is 402 g/mol. The van der Waals surface area contributed by atoms with Gasteiger partial charge in [-0.25, -0.2) is 22.8 Å². The molecule has 1 unspecified atom stereocenters. The van der Waals surface area contributed by atoms with E-state index in [-0.39, 0.29) is 15.5 Å². The van der Waals surface area contributed by atoms with Gasteiger partial charge in [-0.05, 0) is 18.2 Å². The van der Waals surface area contributed by atoms with E-state index in [0.29, 0.717) is 11.6 Å². The molecule has 0 radical (unpaired) electrons. The molecule has 1 aromatic heterocycles. The van der Waals surface area contributed by atoms with Gasteiger partial charge in [0.2, 0.25) is 5.95 Å².